The molecular weight excluding hydrogens is 296 g/mol. The Bertz CT molecular complexity index is 304. The van der Waals surface area contributed by atoms with Crippen molar-refractivity contribution in [1.29, 1.82) is 0 Å². The monoisotopic (exact) mass is 330 g/mol. The molecule has 2 atom stereocenters. The molecule has 0 radical (unpaired) electrons. The zero-order valence-electron chi connectivity index (χ0n) is 14.2. The van der Waals surface area contributed by atoms with Gasteiger partial charge in [0.05, 0.1) is 12.2 Å². The van der Waals surface area contributed by atoms with Gasteiger partial charge in [0.25, 0.3) is 0 Å². The van der Waals surface area contributed by atoms with E-state index < -0.39 is 18.2 Å². The molecule has 0 aromatic rings. The minimum atomic E-state index is -0.745. The van der Waals surface area contributed by atoms with Crippen LogP contribution in [0.2, 0.25) is 0 Å². The molecule has 0 saturated heterocycles. The summed E-state index contributed by atoms with van der Waals surface area (Å²) in [5.41, 5.74) is 0. The first-order valence-electron chi connectivity index (χ1n) is 8.91. The molecule has 5 nitrogen and oxygen atoms in total. The van der Waals surface area contributed by atoms with Crippen LogP contribution >= 0.6 is 0 Å². The van der Waals surface area contributed by atoms with Crippen LogP contribution in [-0.2, 0) is 4.79 Å². The molecule has 0 rings (SSSR count). The van der Waals surface area contributed by atoms with E-state index in [1.165, 1.54) is 0 Å². The maximum Gasteiger partial charge on any atom is 0.303 e. The maximum absolute atomic E-state index is 10.3. The van der Waals surface area contributed by atoms with Crippen LogP contribution in [0.1, 0.15) is 77.0 Å². The lowest BCUT2D eigenvalue weighted by atomic mass is 10.0. The van der Waals surface area contributed by atoms with Crippen molar-refractivity contribution in [2.24, 2.45) is 0 Å². The van der Waals surface area contributed by atoms with E-state index >= 15 is 0 Å². The van der Waals surface area contributed by atoms with E-state index in [1.54, 1.807) is 0 Å². The lowest BCUT2D eigenvalue weighted by Gasteiger charge is -2.16. The predicted octanol–water partition coefficient (Wildman–Crippen LogP) is 3.02. The molecule has 4 N–H and O–H groups in total. The van der Waals surface area contributed by atoms with Crippen LogP contribution in [0.3, 0.4) is 0 Å². The summed E-state index contributed by atoms with van der Waals surface area (Å²) in [5.74, 6) is -0.745. The van der Waals surface area contributed by atoms with Crippen molar-refractivity contribution >= 4 is 5.97 Å². The molecule has 0 aromatic carbocycles. The van der Waals surface area contributed by atoms with E-state index in [9.17, 15) is 15.0 Å². The number of carboxylic acid groups (broad SMARTS) is 1. The highest BCUT2D eigenvalue weighted by Gasteiger charge is 2.13. The van der Waals surface area contributed by atoms with Gasteiger partial charge in [-0.3, -0.25) is 4.79 Å². The maximum atomic E-state index is 10.3. The van der Waals surface area contributed by atoms with Crippen LogP contribution in [0.15, 0.2) is 12.2 Å². The molecule has 5 heteroatoms. The number of allylic oxidation sites excluding steroid dienone is 1. The summed E-state index contributed by atoms with van der Waals surface area (Å²) in [7, 11) is 0. The lowest BCUT2D eigenvalue weighted by molar-refractivity contribution is -0.137. The van der Waals surface area contributed by atoms with Crippen LogP contribution in [-0.4, -0.2) is 45.2 Å². The zero-order chi connectivity index (χ0) is 17.3. The van der Waals surface area contributed by atoms with Gasteiger partial charge in [0.15, 0.2) is 0 Å². The molecule has 0 aliphatic rings. The first kappa shape index (κ1) is 22.1. The smallest absolute Gasteiger partial charge is 0.303 e. The van der Waals surface area contributed by atoms with Gasteiger partial charge in [0.1, 0.15) is 0 Å². The average molecular weight is 330 g/mol. The van der Waals surface area contributed by atoms with Crippen molar-refractivity contribution < 1.29 is 25.2 Å². The van der Waals surface area contributed by atoms with Gasteiger partial charge in [0.2, 0.25) is 0 Å². The van der Waals surface area contributed by atoms with E-state index in [4.69, 9.17) is 10.2 Å². The first-order valence-corrected chi connectivity index (χ1v) is 8.91. The largest absolute Gasteiger partial charge is 0.481 e. The molecule has 0 aromatic heterocycles. The van der Waals surface area contributed by atoms with E-state index in [-0.39, 0.29) is 13.0 Å². The number of aliphatic hydroxyl groups is 3. The summed E-state index contributed by atoms with van der Waals surface area (Å²) < 4.78 is 0. The zero-order valence-corrected chi connectivity index (χ0v) is 14.2. The predicted molar refractivity (Wildman–Crippen MR) is 91.3 cm³/mol. The molecule has 0 spiro atoms. The Balaban J connectivity index is 3.49. The second kappa shape index (κ2) is 16.0. The molecule has 0 aliphatic carbocycles. The number of hydrogen-bond donors (Lipinski definition) is 4. The molecule has 136 valence electrons. The van der Waals surface area contributed by atoms with E-state index in [1.807, 2.05) is 12.2 Å². The minimum Gasteiger partial charge on any atom is -0.481 e. The van der Waals surface area contributed by atoms with Gasteiger partial charge < -0.3 is 20.4 Å². The molecular formula is C18H34O5. The van der Waals surface area contributed by atoms with Crippen molar-refractivity contribution in [3.05, 3.63) is 12.2 Å². The lowest BCUT2D eigenvalue weighted by Crippen LogP contribution is -2.25. The normalized spacial score (nSPS) is 14.2. The molecule has 0 aliphatic heterocycles. The third-order valence-corrected chi connectivity index (χ3v) is 3.91. The van der Waals surface area contributed by atoms with E-state index in [2.05, 4.69) is 0 Å². The Morgan fingerprint density at radius 2 is 1.48 bits per heavy atom. The molecule has 0 heterocycles. The van der Waals surface area contributed by atoms with Crippen molar-refractivity contribution in [2.45, 2.75) is 89.3 Å². The molecule has 2 unspecified atom stereocenters. The van der Waals surface area contributed by atoms with Gasteiger partial charge in [-0.15, -0.1) is 0 Å². The molecule has 0 amide bonds. The number of aliphatic hydroxyl groups excluding tert-OH is 3. The quantitative estimate of drug-likeness (QED) is 0.258. The van der Waals surface area contributed by atoms with Gasteiger partial charge in [-0.05, 0) is 38.5 Å². The number of hydrogen-bond acceptors (Lipinski definition) is 4. The Morgan fingerprint density at radius 1 is 0.826 bits per heavy atom. The fourth-order valence-corrected chi connectivity index (χ4v) is 2.41. The van der Waals surface area contributed by atoms with Crippen molar-refractivity contribution in [3.8, 4) is 0 Å². The number of carbonyl (C=O) groups is 1. The Hall–Kier alpha value is -0.910. The summed E-state index contributed by atoms with van der Waals surface area (Å²) in [5, 5.41) is 36.9. The molecule has 0 bridgehead atoms. The Labute approximate surface area is 140 Å². The minimum absolute atomic E-state index is 0.230. The Morgan fingerprint density at radius 3 is 2.17 bits per heavy atom. The second-order valence-electron chi connectivity index (χ2n) is 6.11. The molecule has 23 heavy (non-hydrogen) atoms. The van der Waals surface area contributed by atoms with E-state index in [0.29, 0.717) is 19.3 Å². The highest BCUT2D eigenvalue weighted by molar-refractivity contribution is 5.66. The number of unbranched alkanes of at least 4 members (excludes halogenated alkanes) is 7. The van der Waals surface area contributed by atoms with Gasteiger partial charge in [0, 0.05) is 13.0 Å². The fourth-order valence-electron chi connectivity index (χ4n) is 2.41. The van der Waals surface area contributed by atoms with Crippen LogP contribution in [0.4, 0.5) is 0 Å². The fraction of sp³-hybridized carbons (Fsp3) is 0.833. The third-order valence-electron chi connectivity index (χ3n) is 3.91. The summed E-state index contributed by atoms with van der Waals surface area (Å²) >= 11 is 0. The van der Waals surface area contributed by atoms with Crippen molar-refractivity contribution in [3.63, 3.8) is 0 Å². The number of aliphatic carboxylic acids is 1. The van der Waals surface area contributed by atoms with Crippen LogP contribution in [0, 0.1) is 0 Å². The topological polar surface area (TPSA) is 98.0 Å². The summed E-state index contributed by atoms with van der Waals surface area (Å²) in [6.07, 6.45) is 12.1. The molecule has 0 fully saturated rings. The Kier molecular flexibility index (Phi) is 15.3. The number of rotatable bonds is 16. The standard InChI is InChI=1S/C18H34O5/c19-15-11-7-2-1-4-8-12-16(20)17(21)13-9-5-3-6-10-14-18(22)23/h4,8,16-17,19-21H,1-3,5-7,9-15H2,(H,22,23)/b8-4+. The number of carboxylic acids is 1. The van der Waals surface area contributed by atoms with Crippen LogP contribution in [0.25, 0.3) is 0 Å². The van der Waals surface area contributed by atoms with Gasteiger partial charge in [-0.1, -0.05) is 44.3 Å². The SMILES string of the molecule is O=C(O)CCCCCCCC(O)C(O)C/C=C/CCCCCO. The highest BCUT2D eigenvalue weighted by Crippen LogP contribution is 2.12. The van der Waals surface area contributed by atoms with Crippen molar-refractivity contribution in [1.82, 2.24) is 0 Å². The van der Waals surface area contributed by atoms with Crippen molar-refractivity contribution in [2.75, 3.05) is 6.61 Å². The molecule has 0 saturated carbocycles. The van der Waals surface area contributed by atoms with Crippen LogP contribution < -0.4 is 0 Å². The highest BCUT2D eigenvalue weighted by atomic mass is 16.4. The van der Waals surface area contributed by atoms with Crippen LogP contribution in [0.5, 0.6) is 0 Å². The van der Waals surface area contributed by atoms with Gasteiger partial charge in [-0.25, -0.2) is 0 Å². The third kappa shape index (κ3) is 15.8. The summed E-state index contributed by atoms with van der Waals surface area (Å²) in [4.78, 5) is 10.3. The summed E-state index contributed by atoms with van der Waals surface area (Å²) in [6.45, 7) is 0.244. The second-order valence-corrected chi connectivity index (χ2v) is 6.11. The average Bonchev–Trinajstić information content (AvgIpc) is 2.52. The van der Waals surface area contributed by atoms with E-state index in [0.717, 1.165) is 51.4 Å². The van der Waals surface area contributed by atoms with Gasteiger partial charge in [-0.2, -0.15) is 0 Å². The first-order chi connectivity index (χ1) is 11.1. The van der Waals surface area contributed by atoms with Gasteiger partial charge >= 0.3 is 5.97 Å². The summed E-state index contributed by atoms with van der Waals surface area (Å²) in [6, 6.07) is 0.